The van der Waals surface area contributed by atoms with Crippen molar-refractivity contribution in [2.24, 2.45) is 0 Å². The smallest absolute Gasteiger partial charge is 0.238 e. The maximum atomic E-state index is 12.6. The number of nitrogens with zero attached hydrogens (tertiary/aromatic N) is 4. The lowest BCUT2D eigenvalue weighted by Gasteiger charge is -2.15. The number of aromatic nitrogens is 4. The number of rotatable bonds is 7. The van der Waals surface area contributed by atoms with Gasteiger partial charge in [0.1, 0.15) is 5.82 Å². The van der Waals surface area contributed by atoms with E-state index in [1.54, 1.807) is 10.9 Å². The molecule has 0 unspecified atom stereocenters. The first kappa shape index (κ1) is 19.8. The molecule has 1 aromatic carbocycles. The quantitative estimate of drug-likeness (QED) is 0.434. The molecule has 3 aromatic rings. The molecule has 0 bridgehead atoms. The van der Waals surface area contributed by atoms with Crippen LogP contribution in [-0.2, 0) is 4.79 Å². The Balaban J connectivity index is 1.69. The Hall–Kier alpha value is -1.97. The van der Waals surface area contributed by atoms with Gasteiger partial charge in [0.2, 0.25) is 5.91 Å². The molecule has 0 aliphatic rings. The van der Waals surface area contributed by atoms with Crippen LogP contribution in [0.25, 0.3) is 5.69 Å². The summed E-state index contributed by atoms with van der Waals surface area (Å²) in [5.41, 5.74) is 0.917. The van der Waals surface area contributed by atoms with Crippen molar-refractivity contribution in [2.45, 2.75) is 42.8 Å². The first-order chi connectivity index (χ1) is 13.0. The number of thioether (sulfide) groups is 1. The summed E-state index contributed by atoms with van der Waals surface area (Å²) in [5, 5.41) is 11.5. The van der Waals surface area contributed by atoms with E-state index in [1.807, 2.05) is 48.0 Å². The average Bonchev–Trinajstić information content (AvgIpc) is 3.28. The van der Waals surface area contributed by atoms with Crippen LogP contribution in [0, 0.1) is 3.95 Å². The fourth-order valence-corrected chi connectivity index (χ4v) is 4.92. The highest BCUT2D eigenvalue weighted by Gasteiger charge is 2.19. The van der Waals surface area contributed by atoms with Crippen molar-refractivity contribution in [1.82, 2.24) is 19.6 Å². The van der Waals surface area contributed by atoms with Crippen LogP contribution < -0.4 is 5.32 Å². The maximum absolute atomic E-state index is 12.6. The molecule has 0 fully saturated rings. The molecule has 6 nitrogen and oxygen atoms in total. The van der Waals surface area contributed by atoms with Gasteiger partial charge in [-0.05, 0) is 44.6 Å². The van der Waals surface area contributed by atoms with E-state index in [-0.39, 0.29) is 17.2 Å². The van der Waals surface area contributed by atoms with Gasteiger partial charge in [-0.15, -0.1) is 5.10 Å². The van der Waals surface area contributed by atoms with Crippen molar-refractivity contribution >= 4 is 47.0 Å². The number of carbonyl (C=O) groups is 1. The molecule has 1 amide bonds. The van der Waals surface area contributed by atoms with E-state index in [2.05, 4.69) is 29.4 Å². The molecule has 0 radical (unpaired) electrons. The summed E-state index contributed by atoms with van der Waals surface area (Å²) in [6.45, 7) is 6.03. The summed E-state index contributed by atoms with van der Waals surface area (Å²) in [6.07, 6.45) is 2.64. The second kappa shape index (κ2) is 8.81. The van der Waals surface area contributed by atoms with E-state index in [9.17, 15) is 4.79 Å². The Labute approximate surface area is 171 Å². The standard InChI is InChI=1S/C18H21N5OS3/c1-4-12(2)22-15(10-11-19-22)20-16(24)13(3)26-17-21-23(18(25)27-17)14-8-6-5-7-9-14/h5-13H,4H2,1-3H3,(H,20,24)/t12-,13-/m1/s1. The Morgan fingerprint density at radius 2 is 2.04 bits per heavy atom. The lowest BCUT2D eigenvalue weighted by Crippen LogP contribution is -2.24. The van der Waals surface area contributed by atoms with E-state index >= 15 is 0 Å². The SMILES string of the molecule is CC[C@@H](C)n1nccc1NC(=O)[C@@H](C)Sc1nn(-c2ccccc2)c(=S)s1. The maximum Gasteiger partial charge on any atom is 0.238 e. The zero-order chi connectivity index (χ0) is 19.4. The van der Waals surface area contributed by atoms with Gasteiger partial charge in [-0.25, -0.2) is 9.36 Å². The lowest BCUT2D eigenvalue weighted by molar-refractivity contribution is -0.115. The highest BCUT2D eigenvalue weighted by Crippen LogP contribution is 2.28. The molecule has 2 aromatic heterocycles. The Morgan fingerprint density at radius 3 is 2.74 bits per heavy atom. The van der Waals surface area contributed by atoms with E-state index in [0.29, 0.717) is 9.77 Å². The minimum Gasteiger partial charge on any atom is -0.310 e. The van der Waals surface area contributed by atoms with Gasteiger partial charge in [-0.2, -0.15) is 5.10 Å². The molecule has 2 heterocycles. The number of carbonyl (C=O) groups excluding carboxylic acids is 1. The molecule has 0 aliphatic heterocycles. The summed E-state index contributed by atoms with van der Waals surface area (Å²) in [6, 6.07) is 11.8. The molecule has 142 valence electrons. The minimum absolute atomic E-state index is 0.0857. The van der Waals surface area contributed by atoms with Crippen molar-refractivity contribution in [3.8, 4) is 5.69 Å². The number of anilines is 1. The van der Waals surface area contributed by atoms with Gasteiger partial charge in [0.15, 0.2) is 8.29 Å². The van der Waals surface area contributed by atoms with Gasteiger partial charge < -0.3 is 5.32 Å². The highest BCUT2D eigenvalue weighted by atomic mass is 32.2. The summed E-state index contributed by atoms with van der Waals surface area (Å²) >= 11 is 8.23. The van der Waals surface area contributed by atoms with Gasteiger partial charge in [0.05, 0.1) is 23.2 Å². The Kier molecular flexibility index (Phi) is 6.46. The summed E-state index contributed by atoms with van der Waals surface area (Å²) in [4.78, 5) is 12.6. The number of amides is 1. The predicted molar refractivity (Wildman–Crippen MR) is 113 cm³/mol. The third kappa shape index (κ3) is 4.66. The number of benzene rings is 1. The van der Waals surface area contributed by atoms with Crippen LogP contribution in [0.5, 0.6) is 0 Å². The molecule has 27 heavy (non-hydrogen) atoms. The second-order valence-electron chi connectivity index (χ2n) is 6.05. The van der Waals surface area contributed by atoms with Gasteiger partial charge in [-0.3, -0.25) is 4.79 Å². The van der Waals surface area contributed by atoms with Crippen LogP contribution in [0.3, 0.4) is 0 Å². The highest BCUT2D eigenvalue weighted by molar-refractivity contribution is 8.02. The fraction of sp³-hybridized carbons (Fsp3) is 0.333. The van der Waals surface area contributed by atoms with Gasteiger partial charge in [0.25, 0.3) is 0 Å². The fourth-order valence-electron chi connectivity index (χ4n) is 2.41. The van der Waals surface area contributed by atoms with E-state index in [1.165, 1.54) is 23.1 Å². The monoisotopic (exact) mass is 419 g/mol. The molecule has 9 heteroatoms. The molecule has 0 saturated carbocycles. The largest absolute Gasteiger partial charge is 0.310 e. The molecule has 2 atom stereocenters. The molecule has 0 aliphatic carbocycles. The van der Waals surface area contributed by atoms with Crippen LogP contribution in [-0.4, -0.2) is 30.7 Å². The van der Waals surface area contributed by atoms with Crippen LogP contribution >= 0.6 is 35.3 Å². The third-order valence-corrected chi connectivity index (χ3v) is 6.52. The molecular weight excluding hydrogens is 398 g/mol. The second-order valence-corrected chi connectivity index (χ2v) is 9.26. The summed E-state index contributed by atoms with van der Waals surface area (Å²) in [7, 11) is 0. The minimum atomic E-state index is -0.310. The van der Waals surface area contributed by atoms with Crippen LogP contribution in [0.2, 0.25) is 0 Å². The normalized spacial score (nSPS) is 13.3. The number of nitrogens with one attached hydrogen (secondary N) is 1. The van der Waals surface area contributed by atoms with Gasteiger partial charge in [-0.1, -0.05) is 48.2 Å². The van der Waals surface area contributed by atoms with Crippen LogP contribution in [0.15, 0.2) is 46.9 Å². The lowest BCUT2D eigenvalue weighted by atomic mass is 10.3. The van der Waals surface area contributed by atoms with Crippen LogP contribution in [0.4, 0.5) is 5.82 Å². The van der Waals surface area contributed by atoms with Gasteiger partial charge in [0, 0.05) is 6.07 Å². The number of para-hydroxylation sites is 1. The Bertz CT molecular complexity index is 963. The zero-order valence-electron chi connectivity index (χ0n) is 15.3. The van der Waals surface area contributed by atoms with E-state index in [0.717, 1.165) is 16.4 Å². The topological polar surface area (TPSA) is 64.7 Å². The molecular formula is C18H21N5OS3. The molecule has 3 rings (SSSR count). The van der Waals surface area contributed by atoms with E-state index < -0.39 is 0 Å². The zero-order valence-corrected chi connectivity index (χ0v) is 17.8. The molecule has 0 spiro atoms. The van der Waals surface area contributed by atoms with Crippen molar-refractivity contribution in [2.75, 3.05) is 5.32 Å². The van der Waals surface area contributed by atoms with Crippen molar-refractivity contribution in [1.29, 1.82) is 0 Å². The number of hydrogen-bond donors (Lipinski definition) is 1. The summed E-state index contributed by atoms with van der Waals surface area (Å²) in [5.74, 6) is 0.627. The first-order valence-corrected chi connectivity index (χ1v) is 10.8. The van der Waals surface area contributed by atoms with Crippen molar-refractivity contribution in [3.05, 3.63) is 46.5 Å². The number of hydrogen-bond acceptors (Lipinski definition) is 6. The third-order valence-electron chi connectivity index (χ3n) is 4.11. The summed E-state index contributed by atoms with van der Waals surface area (Å²) < 4.78 is 4.99. The first-order valence-electron chi connectivity index (χ1n) is 8.66. The molecule has 0 saturated heterocycles. The Morgan fingerprint density at radius 1 is 1.30 bits per heavy atom. The van der Waals surface area contributed by atoms with Crippen molar-refractivity contribution in [3.63, 3.8) is 0 Å². The van der Waals surface area contributed by atoms with Crippen molar-refractivity contribution < 1.29 is 4.79 Å². The predicted octanol–water partition coefficient (Wildman–Crippen LogP) is 4.95. The van der Waals surface area contributed by atoms with E-state index in [4.69, 9.17) is 12.2 Å². The molecule has 1 N–H and O–H groups in total. The van der Waals surface area contributed by atoms with Crippen LogP contribution in [0.1, 0.15) is 33.2 Å². The van der Waals surface area contributed by atoms with Gasteiger partial charge >= 0.3 is 0 Å². The average molecular weight is 420 g/mol.